The van der Waals surface area contributed by atoms with E-state index in [9.17, 15) is 4.79 Å². The maximum atomic E-state index is 11.2. The quantitative estimate of drug-likeness (QED) is 0.783. The van der Waals surface area contributed by atoms with Crippen molar-refractivity contribution in [2.45, 2.75) is 18.8 Å². The van der Waals surface area contributed by atoms with Crippen LogP contribution >= 0.6 is 11.3 Å². The summed E-state index contributed by atoms with van der Waals surface area (Å²) in [5.41, 5.74) is 1.22. The van der Waals surface area contributed by atoms with Crippen LogP contribution in [0.4, 0.5) is 0 Å². The molecular formula is C10H12O2S. The Hall–Kier alpha value is -0.670. The average Bonchev–Trinajstić information content (AvgIpc) is 2.71. The van der Waals surface area contributed by atoms with Gasteiger partial charge in [0, 0.05) is 19.4 Å². The lowest BCUT2D eigenvalue weighted by Gasteiger charge is -2.14. The third kappa shape index (κ3) is 1.67. The Morgan fingerprint density at radius 3 is 3.00 bits per heavy atom. The standard InChI is InChI=1S/C10H12O2S/c11-5-8-3-9(12)4-10(8)7-1-2-13-6-7/h1-2,6,8,10-11H,3-5H2. The van der Waals surface area contributed by atoms with Crippen LogP contribution in [0.25, 0.3) is 0 Å². The number of ketones is 1. The molecule has 2 atom stereocenters. The number of rotatable bonds is 2. The Bertz CT molecular complexity index is 292. The predicted molar refractivity (Wildman–Crippen MR) is 51.9 cm³/mol. The van der Waals surface area contributed by atoms with Crippen molar-refractivity contribution in [1.82, 2.24) is 0 Å². The van der Waals surface area contributed by atoms with E-state index in [4.69, 9.17) is 5.11 Å². The molecule has 0 aromatic carbocycles. The molecule has 1 N–H and O–H groups in total. The molecule has 2 nitrogen and oxygen atoms in total. The topological polar surface area (TPSA) is 37.3 Å². The summed E-state index contributed by atoms with van der Waals surface area (Å²) >= 11 is 1.65. The van der Waals surface area contributed by atoms with E-state index in [1.807, 2.05) is 5.38 Å². The second-order valence-electron chi connectivity index (χ2n) is 3.55. The minimum Gasteiger partial charge on any atom is -0.396 e. The van der Waals surface area contributed by atoms with E-state index in [1.165, 1.54) is 5.56 Å². The van der Waals surface area contributed by atoms with E-state index in [1.54, 1.807) is 11.3 Å². The van der Waals surface area contributed by atoms with Crippen LogP contribution in [0.15, 0.2) is 16.8 Å². The second kappa shape index (κ2) is 3.60. The largest absolute Gasteiger partial charge is 0.396 e. The normalized spacial score (nSPS) is 28.2. The molecule has 0 radical (unpaired) electrons. The molecule has 1 aromatic rings. The van der Waals surface area contributed by atoms with Crippen molar-refractivity contribution in [2.24, 2.45) is 5.92 Å². The zero-order valence-electron chi connectivity index (χ0n) is 7.27. The van der Waals surface area contributed by atoms with Gasteiger partial charge in [0.1, 0.15) is 5.78 Å². The molecule has 1 heterocycles. The highest BCUT2D eigenvalue weighted by Crippen LogP contribution is 2.37. The predicted octanol–water partition coefficient (Wildman–Crippen LogP) is 1.80. The highest BCUT2D eigenvalue weighted by Gasteiger charge is 2.33. The van der Waals surface area contributed by atoms with Gasteiger partial charge in [-0.15, -0.1) is 0 Å². The maximum Gasteiger partial charge on any atom is 0.133 e. The van der Waals surface area contributed by atoms with Gasteiger partial charge in [-0.25, -0.2) is 0 Å². The van der Waals surface area contributed by atoms with Gasteiger partial charge in [0.25, 0.3) is 0 Å². The van der Waals surface area contributed by atoms with Crippen LogP contribution < -0.4 is 0 Å². The Morgan fingerprint density at radius 2 is 2.38 bits per heavy atom. The van der Waals surface area contributed by atoms with Crippen molar-refractivity contribution in [3.8, 4) is 0 Å². The highest BCUT2D eigenvalue weighted by atomic mass is 32.1. The molecule has 2 rings (SSSR count). The fourth-order valence-electron chi connectivity index (χ4n) is 2.00. The number of aliphatic hydroxyl groups excluding tert-OH is 1. The number of hydrogen-bond acceptors (Lipinski definition) is 3. The number of carbonyl (C=O) groups is 1. The summed E-state index contributed by atoms with van der Waals surface area (Å²) < 4.78 is 0. The van der Waals surface area contributed by atoms with Crippen LogP contribution in [0.3, 0.4) is 0 Å². The van der Waals surface area contributed by atoms with Gasteiger partial charge in [0.05, 0.1) is 0 Å². The van der Waals surface area contributed by atoms with Crippen molar-refractivity contribution in [1.29, 1.82) is 0 Å². The molecule has 13 heavy (non-hydrogen) atoms. The lowest BCUT2D eigenvalue weighted by molar-refractivity contribution is -0.117. The van der Waals surface area contributed by atoms with Gasteiger partial charge < -0.3 is 5.11 Å². The van der Waals surface area contributed by atoms with Crippen LogP contribution in [-0.4, -0.2) is 17.5 Å². The molecule has 3 heteroatoms. The van der Waals surface area contributed by atoms with E-state index >= 15 is 0 Å². The Balaban J connectivity index is 2.19. The van der Waals surface area contributed by atoms with Gasteiger partial charge in [0.15, 0.2) is 0 Å². The number of Topliss-reactive ketones (excluding diaryl/α,β-unsaturated/α-hetero) is 1. The van der Waals surface area contributed by atoms with E-state index in [2.05, 4.69) is 11.4 Å². The van der Waals surface area contributed by atoms with Crippen molar-refractivity contribution in [3.05, 3.63) is 22.4 Å². The summed E-state index contributed by atoms with van der Waals surface area (Å²) in [5, 5.41) is 13.2. The van der Waals surface area contributed by atoms with Gasteiger partial charge in [-0.1, -0.05) is 0 Å². The first kappa shape index (κ1) is 8.91. The fourth-order valence-corrected chi connectivity index (χ4v) is 2.72. The summed E-state index contributed by atoms with van der Waals surface area (Å²) in [5.74, 6) is 0.709. The molecule has 2 unspecified atom stereocenters. The van der Waals surface area contributed by atoms with Crippen molar-refractivity contribution >= 4 is 17.1 Å². The van der Waals surface area contributed by atoms with Crippen LogP contribution in [0.2, 0.25) is 0 Å². The first-order valence-corrected chi connectivity index (χ1v) is 5.40. The first-order valence-electron chi connectivity index (χ1n) is 4.46. The van der Waals surface area contributed by atoms with Gasteiger partial charge in [-0.3, -0.25) is 4.79 Å². The molecule has 1 aliphatic rings. The zero-order valence-corrected chi connectivity index (χ0v) is 8.09. The molecular weight excluding hydrogens is 184 g/mol. The summed E-state index contributed by atoms with van der Waals surface area (Å²) in [6.45, 7) is 0.131. The smallest absolute Gasteiger partial charge is 0.133 e. The molecule has 70 valence electrons. The molecule has 1 aliphatic carbocycles. The van der Waals surface area contributed by atoms with Crippen LogP contribution in [0.1, 0.15) is 24.3 Å². The van der Waals surface area contributed by atoms with Crippen LogP contribution in [0.5, 0.6) is 0 Å². The second-order valence-corrected chi connectivity index (χ2v) is 4.33. The van der Waals surface area contributed by atoms with E-state index < -0.39 is 0 Å². The Labute approximate surface area is 81.2 Å². The van der Waals surface area contributed by atoms with Crippen LogP contribution in [-0.2, 0) is 4.79 Å². The summed E-state index contributed by atoms with van der Waals surface area (Å²) in [6, 6.07) is 2.05. The molecule has 1 aromatic heterocycles. The third-order valence-corrected chi connectivity index (χ3v) is 3.41. The average molecular weight is 196 g/mol. The van der Waals surface area contributed by atoms with Gasteiger partial charge >= 0.3 is 0 Å². The van der Waals surface area contributed by atoms with Gasteiger partial charge in [-0.05, 0) is 34.2 Å². The summed E-state index contributed by atoms with van der Waals surface area (Å²) in [4.78, 5) is 11.2. The third-order valence-electron chi connectivity index (χ3n) is 2.71. The van der Waals surface area contributed by atoms with E-state index in [0.717, 1.165) is 0 Å². The SMILES string of the molecule is O=C1CC(CO)C(c2ccsc2)C1. The lowest BCUT2D eigenvalue weighted by Crippen LogP contribution is -2.09. The summed E-state index contributed by atoms with van der Waals surface area (Å²) in [7, 11) is 0. The molecule has 0 bridgehead atoms. The zero-order chi connectivity index (χ0) is 9.26. The minimum atomic E-state index is 0.131. The van der Waals surface area contributed by atoms with Crippen molar-refractivity contribution in [3.63, 3.8) is 0 Å². The van der Waals surface area contributed by atoms with E-state index in [0.29, 0.717) is 12.8 Å². The van der Waals surface area contributed by atoms with E-state index in [-0.39, 0.29) is 24.2 Å². The molecule has 1 fully saturated rings. The maximum absolute atomic E-state index is 11.2. The van der Waals surface area contributed by atoms with Crippen molar-refractivity contribution in [2.75, 3.05) is 6.61 Å². The van der Waals surface area contributed by atoms with Crippen molar-refractivity contribution < 1.29 is 9.90 Å². The minimum absolute atomic E-state index is 0.131. The number of aliphatic hydroxyl groups is 1. The number of hydrogen-bond donors (Lipinski definition) is 1. The molecule has 0 aliphatic heterocycles. The Kier molecular flexibility index (Phi) is 2.47. The molecule has 0 amide bonds. The number of thiophene rings is 1. The Morgan fingerprint density at radius 1 is 1.54 bits per heavy atom. The summed E-state index contributed by atoms with van der Waals surface area (Å²) in [6.07, 6.45) is 1.17. The molecule has 0 spiro atoms. The van der Waals surface area contributed by atoms with Gasteiger partial charge in [-0.2, -0.15) is 11.3 Å². The number of carbonyl (C=O) groups excluding carboxylic acids is 1. The monoisotopic (exact) mass is 196 g/mol. The molecule has 0 saturated heterocycles. The fraction of sp³-hybridized carbons (Fsp3) is 0.500. The molecule has 1 saturated carbocycles. The first-order chi connectivity index (χ1) is 6.31. The van der Waals surface area contributed by atoms with Crippen LogP contribution in [0, 0.1) is 5.92 Å². The highest BCUT2D eigenvalue weighted by molar-refractivity contribution is 7.08. The lowest BCUT2D eigenvalue weighted by atomic mass is 9.91. The van der Waals surface area contributed by atoms with Gasteiger partial charge in [0.2, 0.25) is 0 Å².